The second-order valence-corrected chi connectivity index (χ2v) is 8.10. The third-order valence-corrected chi connectivity index (χ3v) is 5.95. The van der Waals surface area contributed by atoms with E-state index in [9.17, 15) is 21.6 Å². The maximum Gasteiger partial charge on any atom is 0.241 e. The molecule has 0 amide bonds. The zero-order chi connectivity index (χ0) is 21.2. The maximum absolute atomic E-state index is 13.6. The van der Waals surface area contributed by atoms with Gasteiger partial charge in [0.15, 0.2) is 11.6 Å². The van der Waals surface area contributed by atoms with Crippen LogP contribution in [0.15, 0.2) is 65.6 Å². The quantitative estimate of drug-likeness (QED) is 0.621. The van der Waals surface area contributed by atoms with E-state index in [1.807, 2.05) is 0 Å². The molecule has 0 aliphatic rings. The van der Waals surface area contributed by atoms with Crippen LogP contribution in [0.25, 0.3) is 11.1 Å². The van der Waals surface area contributed by atoms with Crippen LogP contribution in [0.5, 0.6) is 5.75 Å². The zero-order valence-corrected chi connectivity index (χ0v) is 16.4. The first-order valence-electron chi connectivity index (χ1n) is 8.62. The molecule has 0 bridgehead atoms. The monoisotopic (exact) mass is 421 g/mol. The van der Waals surface area contributed by atoms with Gasteiger partial charge in [0.1, 0.15) is 11.6 Å². The van der Waals surface area contributed by atoms with E-state index in [4.69, 9.17) is 4.74 Å². The highest BCUT2D eigenvalue weighted by molar-refractivity contribution is 7.89. The van der Waals surface area contributed by atoms with Gasteiger partial charge in [-0.15, -0.1) is 0 Å². The van der Waals surface area contributed by atoms with E-state index in [0.29, 0.717) is 28.5 Å². The van der Waals surface area contributed by atoms with Crippen molar-refractivity contribution in [2.24, 2.45) is 0 Å². The highest BCUT2D eigenvalue weighted by atomic mass is 32.2. The summed E-state index contributed by atoms with van der Waals surface area (Å²) in [5.41, 5.74) is 1.89. The molecule has 0 heterocycles. The largest absolute Gasteiger partial charge is 0.496 e. The standard InChI is InChI=1S/C21H18F3NO3S/c1-13(25-29(26,27)17-8-9-19(23)20(24)12-17)14-3-5-15(6-4-14)18-11-16(22)7-10-21(18)28-2/h3-13,25H,1-2H3. The number of ether oxygens (including phenoxy) is 1. The molecular formula is C21H18F3NO3S. The lowest BCUT2D eigenvalue weighted by Gasteiger charge is -2.16. The van der Waals surface area contributed by atoms with Crippen molar-refractivity contribution >= 4 is 10.0 Å². The molecule has 1 N–H and O–H groups in total. The van der Waals surface area contributed by atoms with Gasteiger partial charge < -0.3 is 4.74 Å². The Morgan fingerprint density at radius 1 is 0.897 bits per heavy atom. The topological polar surface area (TPSA) is 55.4 Å². The number of halogens is 3. The molecule has 0 aromatic heterocycles. The average Bonchev–Trinajstić information content (AvgIpc) is 2.69. The summed E-state index contributed by atoms with van der Waals surface area (Å²) in [6.07, 6.45) is 0. The predicted molar refractivity (Wildman–Crippen MR) is 103 cm³/mol. The summed E-state index contributed by atoms with van der Waals surface area (Å²) in [5.74, 6) is -2.27. The summed E-state index contributed by atoms with van der Waals surface area (Å²) in [4.78, 5) is -0.371. The van der Waals surface area contributed by atoms with Crippen LogP contribution >= 0.6 is 0 Å². The molecule has 3 aromatic rings. The second kappa shape index (κ2) is 8.26. The van der Waals surface area contributed by atoms with Gasteiger partial charge in [-0.2, -0.15) is 0 Å². The first-order valence-corrected chi connectivity index (χ1v) is 10.1. The highest BCUT2D eigenvalue weighted by Gasteiger charge is 2.20. The minimum Gasteiger partial charge on any atom is -0.496 e. The van der Waals surface area contributed by atoms with Crippen LogP contribution in [0.2, 0.25) is 0 Å². The molecule has 0 spiro atoms. The molecule has 8 heteroatoms. The van der Waals surface area contributed by atoms with E-state index in [1.165, 1.54) is 25.3 Å². The van der Waals surface area contributed by atoms with E-state index < -0.39 is 33.5 Å². The molecule has 29 heavy (non-hydrogen) atoms. The van der Waals surface area contributed by atoms with Gasteiger partial charge in [-0.3, -0.25) is 0 Å². The summed E-state index contributed by atoms with van der Waals surface area (Å²) in [5, 5.41) is 0. The van der Waals surface area contributed by atoms with E-state index in [0.717, 1.165) is 12.1 Å². The Kier molecular flexibility index (Phi) is 5.95. The number of methoxy groups -OCH3 is 1. The van der Waals surface area contributed by atoms with Crippen molar-refractivity contribution in [2.75, 3.05) is 7.11 Å². The number of hydrogen-bond donors (Lipinski definition) is 1. The fourth-order valence-electron chi connectivity index (χ4n) is 2.87. The van der Waals surface area contributed by atoms with Crippen molar-refractivity contribution in [3.05, 3.63) is 83.7 Å². The van der Waals surface area contributed by atoms with Gasteiger partial charge >= 0.3 is 0 Å². The number of sulfonamides is 1. The number of hydrogen-bond acceptors (Lipinski definition) is 3. The lowest BCUT2D eigenvalue weighted by atomic mass is 10.0. The number of benzene rings is 3. The molecular weight excluding hydrogens is 403 g/mol. The van der Waals surface area contributed by atoms with Crippen LogP contribution in [0.4, 0.5) is 13.2 Å². The van der Waals surface area contributed by atoms with Gasteiger partial charge in [0, 0.05) is 11.6 Å². The Labute approximate surface area is 167 Å². The van der Waals surface area contributed by atoms with Crippen LogP contribution < -0.4 is 9.46 Å². The van der Waals surface area contributed by atoms with Crippen molar-refractivity contribution in [2.45, 2.75) is 17.9 Å². The predicted octanol–water partition coefficient (Wildman–Crippen LogP) is 4.82. The molecule has 0 radical (unpaired) electrons. The van der Waals surface area contributed by atoms with Gasteiger partial charge in [0.05, 0.1) is 12.0 Å². The molecule has 0 aliphatic heterocycles. The van der Waals surface area contributed by atoms with Crippen LogP contribution in [-0.4, -0.2) is 15.5 Å². The zero-order valence-electron chi connectivity index (χ0n) is 15.6. The highest BCUT2D eigenvalue weighted by Crippen LogP contribution is 2.31. The minimum absolute atomic E-state index is 0.371. The Bertz CT molecular complexity index is 1130. The third-order valence-electron chi connectivity index (χ3n) is 4.42. The normalized spacial score (nSPS) is 12.6. The van der Waals surface area contributed by atoms with Gasteiger partial charge in [0.25, 0.3) is 0 Å². The van der Waals surface area contributed by atoms with Gasteiger partial charge in [-0.05, 0) is 54.4 Å². The van der Waals surface area contributed by atoms with Crippen molar-refractivity contribution in [1.29, 1.82) is 0 Å². The van der Waals surface area contributed by atoms with Crippen LogP contribution in [0.3, 0.4) is 0 Å². The van der Waals surface area contributed by atoms with E-state index in [-0.39, 0.29) is 4.90 Å². The number of rotatable bonds is 6. The van der Waals surface area contributed by atoms with E-state index in [1.54, 1.807) is 31.2 Å². The molecule has 0 saturated carbocycles. The lowest BCUT2D eigenvalue weighted by molar-refractivity contribution is 0.415. The SMILES string of the molecule is COc1ccc(F)cc1-c1ccc(C(C)NS(=O)(=O)c2ccc(F)c(F)c2)cc1. The maximum atomic E-state index is 13.6. The average molecular weight is 421 g/mol. The Morgan fingerprint density at radius 2 is 1.59 bits per heavy atom. The molecule has 1 atom stereocenters. The van der Waals surface area contributed by atoms with Gasteiger partial charge in [-0.1, -0.05) is 24.3 Å². The first-order chi connectivity index (χ1) is 13.7. The Hall–Kier alpha value is -2.84. The van der Waals surface area contributed by atoms with E-state index >= 15 is 0 Å². The third kappa shape index (κ3) is 4.60. The van der Waals surface area contributed by atoms with Crippen LogP contribution in [0.1, 0.15) is 18.5 Å². The lowest BCUT2D eigenvalue weighted by Crippen LogP contribution is -2.27. The van der Waals surface area contributed by atoms with Gasteiger partial charge in [0.2, 0.25) is 10.0 Å². The molecule has 152 valence electrons. The summed E-state index contributed by atoms with van der Waals surface area (Å²) in [6.45, 7) is 1.62. The van der Waals surface area contributed by atoms with Crippen molar-refractivity contribution in [3.63, 3.8) is 0 Å². The second-order valence-electron chi connectivity index (χ2n) is 6.39. The molecule has 0 aliphatic carbocycles. The Balaban J connectivity index is 1.83. The molecule has 3 aromatic carbocycles. The van der Waals surface area contributed by atoms with Crippen LogP contribution in [0, 0.1) is 17.5 Å². The fourth-order valence-corrected chi connectivity index (χ4v) is 4.11. The molecule has 3 rings (SSSR count). The molecule has 1 unspecified atom stereocenters. The van der Waals surface area contributed by atoms with Crippen molar-refractivity contribution in [1.82, 2.24) is 4.72 Å². The molecule has 4 nitrogen and oxygen atoms in total. The fraction of sp³-hybridized carbons (Fsp3) is 0.143. The summed E-state index contributed by atoms with van der Waals surface area (Å²) < 4.78 is 72.5. The van der Waals surface area contributed by atoms with Crippen molar-refractivity contribution < 1.29 is 26.3 Å². The smallest absolute Gasteiger partial charge is 0.241 e. The molecule has 0 fully saturated rings. The van der Waals surface area contributed by atoms with Crippen LogP contribution in [-0.2, 0) is 10.0 Å². The van der Waals surface area contributed by atoms with Crippen molar-refractivity contribution in [3.8, 4) is 16.9 Å². The van der Waals surface area contributed by atoms with E-state index in [2.05, 4.69) is 4.72 Å². The summed E-state index contributed by atoms with van der Waals surface area (Å²) in [7, 11) is -2.57. The number of nitrogens with one attached hydrogen (secondary N) is 1. The first kappa shape index (κ1) is 20.9. The minimum atomic E-state index is -4.05. The summed E-state index contributed by atoms with van der Waals surface area (Å²) in [6, 6.07) is 12.7. The van der Waals surface area contributed by atoms with Gasteiger partial charge in [-0.25, -0.2) is 26.3 Å². The Morgan fingerprint density at radius 3 is 2.21 bits per heavy atom. The summed E-state index contributed by atoms with van der Waals surface area (Å²) >= 11 is 0. The molecule has 0 saturated heterocycles.